The molecular formula is C13H24ClNO2. The molecular weight excluding hydrogens is 238 g/mol. The zero-order valence-corrected chi connectivity index (χ0v) is 11.6. The summed E-state index contributed by atoms with van der Waals surface area (Å²) in [5, 5.41) is 9.09. The first-order chi connectivity index (χ1) is 7.58. The number of piperidine rings is 1. The van der Waals surface area contributed by atoms with E-state index in [0.717, 1.165) is 18.8 Å². The quantitative estimate of drug-likeness (QED) is 0.846. The summed E-state index contributed by atoms with van der Waals surface area (Å²) >= 11 is 0. The highest BCUT2D eigenvalue weighted by molar-refractivity contribution is 5.85. The lowest BCUT2D eigenvalue weighted by Gasteiger charge is -2.37. The SMILES string of the molecule is CC(C)CCN1C2CCC1CC(C(=O)O)C2.Cl. The summed E-state index contributed by atoms with van der Waals surface area (Å²) in [5.41, 5.74) is 0. The van der Waals surface area contributed by atoms with Crippen molar-refractivity contribution in [1.29, 1.82) is 0 Å². The molecule has 0 spiro atoms. The van der Waals surface area contributed by atoms with Crippen molar-refractivity contribution in [3.05, 3.63) is 0 Å². The monoisotopic (exact) mass is 261 g/mol. The van der Waals surface area contributed by atoms with Gasteiger partial charge in [0.2, 0.25) is 0 Å². The van der Waals surface area contributed by atoms with Crippen molar-refractivity contribution in [3.8, 4) is 0 Å². The van der Waals surface area contributed by atoms with Gasteiger partial charge in [-0.15, -0.1) is 12.4 Å². The molecule has 0 aromatic rings. The molecule has 2 aliphatic heterocycles. The first-order valence-corrected chi connectivity index (χ1v) is 6.56. The van der Waals surface area contributed by atoms with Crippen LogP contribution in [-0.4, -0.2) is 34.6 Å². The molecule has 2 saturated heterocycles. The first kappa shape index (κ1) is 14.8. The number of hydrogen-bond donors (Lipinski definition) is 1. The van der Waals surface area contributed by atoms with Crippen molar-refractivity contribution >= 4 is 18.4 Å². The van der Waals surface area contributed by atoms with Crippen molar-refractivity contribution in [2.75, 3.05) is 6.54 Å². The molecule has 0 aliphatic carbocycles. The maximum atomic E-state index is 11.0. The van der Waals surface area contributed by atoms with Gasteiger partial charge in [-0.25, -0.2) is 0 Å². The van der Waals surface area contributed by atoms with Crippen molar-refractivity contribution in [1.82, 2.24) is 4.90 Å². The summed E-state index contributed by atoms with van der Waals surface area (Å²) in [5.74, 6) is 0.0878. The van der Waals surface area contributed by atoms with Gasteiger partial charge in [-0.05, 0) is 44.6 Å². The Kier molecular flexibility index (Phi) is 5.26. The Balaban J connectivity index is 0.00000144. The van der Waals surface area contributed by atoms with E-state index in [-0.39, 0.29) is 18.3 Å². The molecule has 0 radical (unpaired) electrons. The van der Waals surface area contributed by atoms with Crippen LogP contribution in [0.3, 0.4) is 0 Å². The summed E-state index contributed by atoms with van der Waals surface area (Å²) in [6.07, 6.45) is 5.43. The molecule has 4 heteroatoms. The molecule has 0 saturated carbocycles. The second-order valence-corrected chi connectivity index (χ2v) is 5.81. The van der Waals surface area contributed by atoms with Crippen LogP contribution >= 0.6 is 12.4 Å². The van der Waals surface area contributed by atoms with Crippen LogP contribution < -0.4 is 0 Å². The summed E-state index contributed by atoms with van der Waals surface area (Å²) in [7, 11) is 0. The van der Waals surface area contributed by atoms with Gasteiger partial charge in [0.25, 0.3) is 0 Å². The topological polar surface area (TPSA) is 40.5 Å². The molecule has 2 bridgehead atoms. The normalized spacial score (nSPS) is 32.5. The molecule has 3 nitrogen and oxygen atoms in total. The number of fused-ring (bicyclic) bond motifs is 2. The minimum Gasteiger partial charge on any atom is -0.481 e. The molecule has 2 fully saturated rings. The Hall–Kier alpha value is -0.280. The van der Waals surface area contributed by atoms with Crippen LogP contribution in [0.5, 0.6) is 0 Å². The van der Waals surface area contributed by atoms with Crippen LogP contribution in [0.1, 0.15) is 46.0 Å². The van der Waals surface area contributed by atoms with Gasteiger partial charge in [0.15, 0.2) is 0 Å². The third kappa shape index (κ3) is 3.35. The number of carbonyl (C=O) groups is 1. The van der Waals surface area contributed by atoms with E-state index in [1.165, 1.54) is 25.8 Å². The second-order valence-electron chi connectivity index (χ2n) is 5.81. The van der Waals surface area contributed by atoms with Crippen LogP contribution in [0.4, 0.5) is 0 Å². The predicted octanol–water partition coefficient (Wildman–Crippen LogP) is 2.78. The third-order valence-electron chi connectivity index (χ3n) is 4.20. The minimum atomic E-state index is -0.583. The van der Waals surface area contributed by atoms with Crippen molar-refractivity contribution in [2.24, 2.45) is 11.8 Å². The zero-order valence-electron chi connectivity index (χ0n) is 10.8. The minimum absolute atomic E-state index is 0. The molecule has 1 N–H and O–H groups in total. The average molecular weight is 262 g/mol. The highest BCUT2D eigenvalue weighted by atomic mass is 35.5. The number of carboxylic acid groups (broad SMARTS) is 1. The lowest BCUT2D eigenvalue weighted by Crippen LogP contribution is -2.45. The van der Waals surface area contributed by atoms with Gasteiger partial charge in [0.05, 0.1) is 5.92 Å². The number of aliphatic carboxylic acids is 1. The van der Waals surface area contributed by atoms with Gasteiger partial charge < -0.3 is 5.11 Å². The van der Waals surface area contributed by atoms with Crippen LogP contribution in [-0.2, 0) is 4.79 Å². The van der Waals surface area contributed by atoms with E-state index >= 15 is 0 Å². The van der Waals surface area contributed by atoms with Gasteiger partial charge in [0.1, 0.15) is 0 Å². The molecule has 0 aromatic carbocycles. The second kappa shape index (κ2) is 6.05. The van der Waals surface area contributed by atoms with Crippen LogP contribution in [0.25, 0.3) is 0 Å². The molecule has 2 atom stereocenters. The van der Waals surface area contributed by atoms with Crippen LogP contribution in [0.2, 0.25) is 0 Å². The van der Waals surface area contributed by atoms with Gasteiger partial charge in [-0.1, -0.05) is 13.8 Å². The Labute approximate surface area is 110 Å². The van der Waals surface area contributed by atoms with E-state index < -0.39 is 5.97 Å². The standard InChI is InChI=1S/C13H23NO2.ClH/c1-9(2)5-6-14-11-3-4-12(14)8-10(7-11)13(15)16;/h9-12H,3-8H2,1-2H3,(H,15,16);1H. The molecule has 2 heterocycles. The zero-order chi connectivity index (χ0) is 11.7. The van der Waals surface area contributed by atoms with Gasteiger partial charge in [-0.3, -0.25) is 9.69 Å². The number of rotatable bonds is 4. The maximum Gasteiger partial charge on any atom is 0.306 e. The summed E-state index contributed by atoms with van der Waals surface area (Å²) in [6.45, 7) is 5.68. The summed E-state index contributed by atoms with van der Waals surface area (Å²) in [4.78, 5) is 13.6. The van der Waals surface area contributed by atoms with E-state index in [1.54, 1.807) is 0 Å². The third-order valence-corrected chi connectivity index (χ3v) is 4.20. The Morgan fingerprint density at radius 3 is 2.24 bits per heavy atom. The van der Waals surface area contributed by atoms with Crippen molar-refractivity contribution in [2.45, 2.75) is 58.0 Å². The molecule has 0 aromatic heterocycles. The van der Waals surface area contributed by atoms with Gasteiger partial charge in [0, 0.05) is 12.1 Å². The van der Waals surface area contributed by atoms with E-state index in [1.807, 2.05) is 0 Å². The number of hydrogen-bond acceptors (Lipinski definition) is 2. The number of carboxylic acids is 1. The molecule has 17 heavy (non-hydrogen) atoms. The number of nitrogens with zero attached hydrogens (tertiary/aromatic N) is 1. The Morgan fingerprint density at radius 2 is 1.82 bits per heavy atom. The Bertz CT molecular complexity index is 256. The van der Waals surface area contributed by atoms with Crippen LogP contribution in [0, 0.1) is 11.8 Å². The molecule has 2 aliphatic rings. The fourth-order valence-corrected chi connectivity index (χ4v) is 3.25. The number of halogens is 1. The predicted molar refractivity (Wildman–Crippen MR) is 70.6 cm³/mol. The van der Waals surface area contributed by atoms with E-state index in [9.17, 15) is 4.79 Å². The lowest BCUT2D eigenvalue weighted by atomic mass is 9.90. The highest BCUT2D eigenvalue weighted by Gasteiger charge is 2.42. The largest absolute Gasteiger partial charge is 0.481 e. The van der Waals surface area contributed by atoms with E-state index in [0.29, 0.717) is 12.1 Å². The molecule has 2 unspecified atom stereocenters. The maximum absolute atomic E-state index is 11.0. The summed E-state index contributed by atoms with van der Waals surface area (Å²) in [6, 6.07) is 1.11. The highest BCUT2D eigenvalue weighted by Crippen LogP contribution is 2.38. The van der Waals surface area contributed by atoms with Crippen molar-refractivity contribution < 1.29 is 9.90 Å². The van der Waals surface area contributed by atoms with Crippen molar-refractivity contribution in [3.63, 3.8) is 0 Å². The Morgan fingerprint density at radius 1 is 1.29 bits per heavy atom. The van der Waals surface area contributed by atoms with Gasteiger partial charge >= 0.3 is 5.97 Å². The van der Waals surface area contributed by atoms with Gasteiger partial charge in [-0.2, -0.15) is 0 Å². The smallest absolute Gasteiger partial charge is 0.306 e. The fraction of sp³-hybridized carbons (Fsp3) is 0.923. The van der Waals surface area contributed by atoms with Crippen LogP contribution in [0.15, 0.2) is 0 Å². The average Bonchev–Trinajstić information content (AvgIpc) is 2.46. The fourth-order valence-electron chi connectivity index (χ4n) is 3.25. The first-order valence-electron chi connectivity index (χ1n) is 6.56. The molecule has 100 valence electrons. The van der Waals surface area contributed by atoms with E-state index in [4.69, 9.17) is 5.11 Å². The summed E-state index contributed by atoms with van der Waals surface area (Å²) < 4.78 is 0. The molecule has 0 amide bonds. The molecule has 2 rings (SSSR count). The lowest BCUT2D eigenvalue weighted by molar-refractivity contribution is -0.144. The van der Waals surface area contributed by atoms with E-state index in [2.05, 4.69) is 18.7 Å².